The number of carbonyl (C=O) groups is 2. The van der Waals surface area contributed by atoms with E-state index in [2.05, 4.69) is 12.2 Å². The smallest absolute Gasteiger partial charge is 0.327 e. The predicted octanol–water partition coefficient (Wildman–Crippen LogP) is 2.47. The first-order chi connectivity index (χ1) is 9.97. The molecule has 0 aromatic carbocycles. The fourth-order valence-corrected chi connectivity index (χ4v) is 3.38. The molecule has 2 N–H and O–H groups in total. The number of rotatable bonds is 13. The molecule has 0 radical (unpaired) electrons. The molecule has 0 saturated carbocycles. The van der Waals surface area contributed by atoms with Crippen LogP contribution in [0.4, 0.5) is 0 Å². The summed E-state index contributed by atoms with van der Waals surface area (Å²) < 4.78 is 11.8. The summed E-state index contributed by atoms with van der Waals surface area (Å²) in [6.07, 6.45) is 9.36. The van der Waals surface area contributed by atoms with Gasteiger partial charge in [0, 0.05) is 23.5 Å². The Bertz CT molecular complexity index is 334. The van der Waals surface area contributed by atoms with Crippen LogP contribution < -0.4 is 5.32 Å². The highest BCUT2D eigenvalue weighted by Crippen LogP contribution is 2.08. The molecule has 0 aromatic rings. The molecule has 0 aliphatic rings. The van der Waals surface area contributed by atoms with Crippen LogP contribution in [0.2, 0.25) is 0 Å². The zero-order valence-corrected chi connectivity index (χ0v) is 14.0. The molecule has 5 nitrogen and oxygen atoms in total. The van der Waals surface area contributed by atoms with Gasteiger partial charge in [-0.05, 0) is 6.42 Å². The number of carboxylic acids is 1. The largest absolute Gasteiger partial charge is 0.480 e. The molecule has 21 heavy (non-hydrogen) atoms. The van der Waals surface area contributed by atoms with E-state index in [1.165, 1.54) is 39.0 Å². The van der Waals surface area contributed by atoms with Crippen molar-refractivity contribution in [1.29, 1.82) is 0 Å². The molecule has 0 aliphatic heterocycles. The summed E-state index contributed by atoms with van der Waals surface area (Å²) >= 11 is 0. The minimum atomic E-state index is -1.19. The highest BCUT2D eigenvalue weighted by Gasteiger charge is 2.20. The molecule has 2 atom stereocenters. The molecule has 1 amide bonds. The number of aliphatic carboxylic acids is 1. The Morgan fingerprint density at radius 2 is 1.57 bits per heavy atom. The van der Waals surface area contributed by atoms with Crippen LogP contribution in [0.15, 0.2) is 0 Å². The van der Waals surface area contributed by atoms with Crippen LogP contribution in [-0.4, -0.2) is 38.7 Å². The van der Waals surface area contributed by atoms with E-state index in [0.29, 0.717) is 5.75 Å². The molecule has 1 unspecified atom stereocenters. The molecule has 0 fully saturated rings. The van der Waals surface area contributed by atoms with Crippen LogP contribution in [0.1, 0.15) is 65.2 Å². The number of carbonyl (C=O) groups excluding carboxylic acids is 1. The van der Waals surface area contributed by atoms with Crippen molar-refractivity contribution in [3.05, 3.63) is 0 Å². The molecule has 6 heteroatoms. The molecular formula is C15H29NO4S. The summed E-state index contributed by atoms with van der Waals surface area (Å²) in [5, 5.41) is 11.2. The highest BCUT2D eigenvalue weighted by molar-refractivity contribution is 7.85. The number of unbranched alkanes of at least 4 members (excludes halogenated alkanes) is 7. The Labute approximate surface area is 130 Å². The summed E-state index contributed by atoms with van der Waals surface area (Å²) in [6, 6.07) is -1.04. The van der Waals surface area contributed by atoms with Crippen molar-refractivity contribution in [3.63, 3.8) is 0 Å². The molecule has 0 bridgehead atoms. The Hall–Kier alpha value is -0.910. The number of hydrogen-bond acceptors (Lipinski definition) is 3. The average molecular weight is 319 g/mol. The zero-order chi connectivity index (χ0) is 16.1. The van der Waals surface area contributed by atoms with E-state index < -0.39 is 28.7 Å². The first-order valence-electron chi connectivity index (χ1n) is 7.82. The first-order valence-corrected chi connectivity index (χ1v) is 9.31. The van der Waals surface area contributed by atoms with Gasteiger partial charge in [0.15, 0.2) is 0 Å². The topological polar surface area (TPSA) is 83.5 Å². The van der Waals surface area contributed by atoms with E-state index in [0.717, 1.165) is 19.3 Å². The summed E-state index contributed by atoms with van der Waals surface area (Å²) in [7, 11) is -1.19. The molecule has 0 saturated heterocycles. The lowest BCUT2D eigenvalue weighted by Crippen LogP contribution is -2.43. The highest BCUT2D eigenvalue weighted by atomic mass is 32.2. The third-order valence-corrected chi connectivity index (χ3v) is 4.70. The Balaban J connectivity index is 3.69. The Kier molecular flexibility index (Phi) is 12.2. The van der Waals surface area contributed by atoms with Crippen molar-refractivity contribution in [2.24, 2.45) is 0 Å². The Morgan fingerprint density at radius 3 is 2.05 bits per heavy atom. The third kappa shape index (κ3) is 12.5. The lowest BCUT2D eigenvalue weighted by atomic mass is 10.1. The van der Waals surface area contributed by atoms with Gasteiger partial charge >= 0.3 is 5.97 Å². The van der Waals surface area contributed by atoms with Gasteiger partial charge in [-0.1, -0.05) is 51.9 Å². The van der Waals surface area contributed by atoms with Gasteiger partial charge in [0.2, 0.25) is 5.91 Å². The van der Waals surface area contributed by atoms with Gasteiger partial charge in [0.25, 0.3) is 0 Å². The van der Waals surface area contributed by atoms with Crippen LogP contribution in [0.25, 0.3) is 0 Å². The van der Waals surface area contributed by atoms with E-state index >= 15 is 0 Å². The molecule has 0 heterocycles. The second-order valence-corrected chi connectivity index (χ2v) is 7.00. The van der Waals surface area contributed by atoms with Crippen LogP contribution >= 0.6 is 0 Å². The van der Waals surface area contributed by atoms with Crippen molar-refractivity contribution in [1.82, 2.24) is 5.32 Å². The average Bonchev–Trinajstić information content (AvgIpc) is 2.40. The van der Waals surface area contributed by atoms with Gasteiger partial charge in [0.1, 0.15) is 6.04 Å². The lowest BCUT2D eigenvalue weighted by Gasteiger charge is -2.12. The van der Waals surface area contributed by atoms with Crippen molar-refractivity contribution < 1.29 is 18.9 Å². The quantitative estimate of drug-likeness (QED) is 0.511. The van der Waals surface area contributed by atoms with Crippen molar-refractivity contribution in [3.8, 4) is 0 Å². The molecular weight excluding hydrogens is 290 g/mol. The Morgan fingerprint density at radius 1 is 1.05 bits per heavy atom. The van der Waals surface area contributed by atoms with E-state index in [9.17, 15) is 13.8 Å². The zero-order valence-electron chi connectivity index (χ0n) is 13.2. The van der Waals surface area contributed by atoms with Gasteiger partial charge in [-0.15, -0.1) is 0 Å². The monoisotopic (exact) mass is 319 g/mol. The maximum absolute atomic E-state index is 11.8. The molecule has 0 aliphatic carbocycles. The summed E-state index contributed by atoms with van der Waals surface area (Å²) in [6.45, 7) is 3.46. The van der Waals surface area contributed by atoms with Crippen LogP contribution in [0, 0.1) is 0 Å². The number of carboxylic acid groups (broad SMARTS) is 1. The fraction of sp³-hybridized carbons (Fsp3) is 0.867. The van der Waals surface area contributed by atoms with Crippen LogP contribution in [0.5, 0.6) is 0 Å². The van der Waals surface area contributed by atoms with E-state index in [-0.39, 0.29) is 5.75 Å². The number of nitrogens with one attached hydrogen (secondary N) is 1. The summed E-state index contributed by atoms with van der Waals surface area (Å²) in [4.78, 5) is 21.8. The van der Waals surface area contributed by atoms with Crippen molar-refractivity contribution in [2.45, 2.75) is 71.3 Å². The lowest BCUT2D eigenvalue weighted by molar-refractivity contribution is -0.140. The van der Waals surface area contributed by atoms with Gasteiger partial charge in [-0.3, -0.25) is 9.00 Å². The molecule has 0 rings (SSSR count). The minimum absolute atomic E-state index is 0.00852. The second kappa shape index (κ2) is 12.8. The predicted molar refractivity (Wildman–Crippen MR) is 85.7 cm³/mol. The molecule has 0 spiro atoms. The molecule has 0 aromatic heterocycles. The minimum Gasteiger partial charge on any atom is -0.480 e. The summed E-state index contributed by atoms with van der Waals surface area (Å²) in [5.74, 6) is -1.04. The van der Waals surface area contributed by atoms with E-state index in [4.69, 9.17) is 5.11 Å². The standard InChI is InChI=1S/C15H29NO4S/c1-3-4-5-6-7-8-9-10-11-21(20)12-14(15(18)19)16-13(2)17/h14H,3-12H2,1-2H3,(H,16,17)(H,18,19)/t14-,21?/m0/s1. The summed E-state index contributed by atoms with van der Waals surface area (Å²) in [5.41, 5.74) is 0. The van der Waals surface area contributed by atoms with Crippen molar-refractivity contribution in [2.75, 3.05) is 11.5 Å². The first kappa shape index (κ1) is 20.1. The van der Waals surface area contributed by atoms with Crippen LogP contribution in [-0.2, 0) is 20.4 Å². The number of amides is 1. The number of hydrogen-bond donors (Lipinski definition) is 2. The molecule has 124 valence electrons. The van der Waals surface area contributed by atoms with Crippen molar-refractivity contribution >= 4 is 22.7 Å². The van der Waals surface area contributed by atoms with Crippen LogP contribution in [0.3, 0.4) is 0 Å². The van der Waals surface area contributed by atoms with E-state index in [1.54, 1.807) is 0 Å². The van der Waals surface area contributed by atoms with Gasteiger partial charge in [-0.25, -0.2) is 4.79 Å². The maximum atomic E-state index is 11.8. The maximum Gasteiger partial charge on any atom is 0.327 e. The van der Waals surface area contributed by atoms with Gasteiger partial charge in [-0.2, -0.15) is 0 Å². The van der Waals surface area contributed by atoms with Gasteiger partial charge < -0.3 is 10.4 Å². The third-order valence-electron chi connectivity index (χ3n) is 3.25. The van der Waals surface area contributed by atoms with E-state index in [1.807, 2.05) is 0 Å². The normalized spacial score (nSPS) is 13.6. The SMILES string of the molecule is CCCCCCCCCCS(=O)C[C@H](NC(C)=O)C(=O)O. The van der Waals surface area contributed by atoms with Gasteiger partial charge in [0.05, 0.1) is 5.75 Å². The fourth-order valence-electron chi connectivity index (χ4n) is 2.09. The second-order valence-electron chi connectivity index (χ2n) is 5.38.